The van der Waals surface area contributed by atoms with Gasteiger partial charge in [0.25, 0.3) is 0 Å². The van der Waals surface area contributed by atoms with Crippen LogP contribution in [0.25, 0.3) is 0 Å². The second kappa shape index (κ2) is 3.36. The van der Waals surface area contributed by atoms with E-state index in [1.807, 2.05) is 6.82 Å². The number of hydrogen-bond acceptors (Lipinski definition) is 0. The number of hydrogen-bond donors (Lipinski definition) is 0. The van der Waals surface area contributed by atoms with Crippen molar-refractivity contribution in [3.8, 4) is 0 Å². The van der Waals surface area contributed by atoms with E-state index >= 15 is 0 Å². The summed E-state index contributed by atoms with van der Waals surface area (Å²) in [4.78, 5) is 0. The van der Waals surface area contributed by atoms with Gasteiger partial charge in [0, 0.05) is 0 Å². The van der Waals surface area contributed by atoms with Crippen LogP contribution in [0.5, 0.6) is 0 Å². The zero-order valence-electron chi connectivity index (χ0n) is 3.02. The van der Waals surface area contributed by atoms with Crippen molar-refractivity contribution < 1.29 is 0 Å². The Balaban J connectivity index is 2.55. The van der Waals surface area contributed by atoms with Gasteiger partial charge in [-0.3, -0.25) is 0 Å². The van der Waals surface area contributed by atoms with Crippen molar-refractivity contribution in [3.63, 3.8) is 0 Å². The first-order valence-corrected chi connectivity index (χ1v) is 2.69. The van der Waals surface area contributed by atoms with Gasteiger partial charge in [0.15, 0.2) is 0 Å². The Bertz CT molecular complexity index is 21.2. The van der Waals surface area contributed by atoms with Crippen LogP contribution in [-0.2, 0) is 0 Å². The fourth-order valence-electron chi connectivity index (χ4n) is 0. The molecule has 0 saturated heterocycles. The van der Waals surface area contributed by atoms with E-state index in [-0.39, 0.29) is 0 Å². The molecule has 0 fully saturated rings. The van der Waals surface area contributed by atoms with Crippen molar-refractivity contribution in [3.05, 3.63) is 0 Å². The molecule has 2 heteroatoms. The topological polar surface area (TPSA) is 0 Å². The van der Waals surface area contributed by atoms with E-state index in [9.17, 15) is 0 Å². The third-order valence-corrected chi connectivity index (χ3v) is 0.775. The van der Waals surface area contributed by atoms with Gasteiger partial charge in [-0.2, -0.15) is 0 Å². The minimum absolute atomic E-state index is 1.37. The maximum atomic E-state index is 2.10. The van der Waals surface area contributed by atoms with Gasteiger partial charge in [0.2, 0.25) is 0 Å². The van der Waals surface area contributed by atoms with Crippen molar-refractivity contribution >= 4 is 14.7 Å². The summed E-state index contributed by atoms with van der Waals surface area (Å²) in [5.74, 6) is 0. The van der Waals surface area contributed by atoms with E-state index in [0.29, 0.717) is 0 Å². The monoisotopic (exact) mass is 72.0 g/mol. The molecule has 0 aromatic rings. The predicted octanol–water partition coefficient (Wildman–Crippen LogP) is 1.23. The van der Waals surface area contributed by atoms with E-state index in [1.165, 1.54) is 8.07 Å². The summed E-state index contributed by atoms with van der Waals surface area (Å²) in [6.07, 6.45) is 0. The van der Waals surface area contributed by atoms with E-state index in [4.69, 9.17) is 0 Å². The summed E-state index contributed by atoms with van der Waals surface area (Å²) < 4.78 is 0. The molecule has 0 spiro atoms. The van der Waals surface area contributed by atoms with Gasteiger partial charge >= 0.3 is 28.2 Å². The maximum absolute atomic E-state index is 2.10. The average Bonchev–Trinajstić information content (AvgIpc) is 1.37. The molecular formula is C2H6BP. The van der Waals surface area contributed by atoms with Crippen LogP contribution in [0.1, 0.15) is 0 Å². The van der Waals surface area contributed by atoms with Crippen molar-refractivity contribution in [1.29, 1.82) is 0 Å². The molecule has 0 rings (SSSR count). The molecule has 0 aromatic carbocycles. The van der Waals surface area contributed by atoms with Crippen LogP contribution in [0, 0.1) is 0 Å². The molecule has 22 valence electrons. The summed E-state index contributed by atoms with van der Waals surface area (Å²) in [6.45, 7) is 6.24. The van der Waals surface area contributed by atoms with Gasteiger partial charge in [-0.1, -0.05) is 0 Å². The van der Waals surface area contributed by atoms with Gasteiger partial charge in [-0.15, -0.1) is 0 Å². The second-order valence-electron chi connectivity index (χ2n) is 0.516. The molecule has 0 saturated carbocycles. The van der Waals surface area contributed by atoms with Crippen LogP contribution in [0.4, 0.5) is 0 Å². The van der Waals surface area contributed by atoms with E-state index in [1.54, 1.807) is 0 Å². The molecule has 0 amide bonds. The fraction of sp³-hybridized carbons (Fsp3) is 1.00. The summed E-state index contributed by atoms with van der Waals surface area (Å²) in [7, 11) is 1.37. The van der Waals surface area contributed by atoms with Crippen molar-refractivity contribution in [2.24, 2.45) is 0 Å². The van der Waals surface area contributed by atoms with E-state index in [2.05, 4.69) is 13.3 Å². The molecule has 0 bridgehead atoms. The van der Waals surface area contributed by atoms with Crippen LogP contribution in [0.15, 0.2) is 0 Å². The van der Waals surface area contributed by atoms with Gasteiger partial charge in [-0.25, -0.2) is 0 Å². The van der Waals surface area contributed by atoms with Gasteiger partial charge in [-0.05, 0) is 0 Å². The first-order valence-electron chi connectivity index (χ1n) is 1.28. The van der Waals surface area contributed by atoms with Crippen molar-refractivity contribution in [2.45, 2.75) is 6.82 Å². The Kier molecular flexibility index (Phi) is 3.67. The molecule has 0 N–H and O–H groups in total. The van der Waals surface area contributed by atoms with Gasteiger partial charge in [0.1, 0.15) is 0 Å². The van der Waals surface area contributed by atoms with Crippen LogP contribution in [-0.4, -0.2) is 13.3 Å². The molecule has 0 atom stereocenters. The summed E-state index contributed by atoms with van der Waals surface area (Å²) in [5, 5.41) is 0. The molecule has 0 aromatic heterocycles. The molecule has 0 heterocycles. The first-order chi connectivity index (χ1) is 1.91. The Labute approximate surface area is 29.2 Å². The Morgan fingerprint density at radius 2 is 2.00 bits per heavy atom. The molecular weight excluding hydrogens is 65.8 g/mol. The Morgan fingerprint density at radius 3 is 2.00 bits per heavy atom. The zero-order chi connectivity index (χ0) is 3.41. The van der Waals surface area contributed by atoms with Crippen LogP contribution in [0.3, 0.4) is 0 Å². The molecule has 0 nitrogen and oxygen atoms in total. The molecule has 0 aliphatic rings. The van der Waals surface area contributed by atoms with E-state index < -0.39 is 0 Å². The third kappa shape index (κ3) is 2.36. The molecule has 0 unspecified atom stereocenters. The summed E-state index contributed by atoms with van der Waals surface area (Å²) in [5.41, 5.74) is 0. The SMILES string of the molecule is CB=PC. The summed E-state index contributed by atoms with van der Waals surface area (Å²) in [6, 6.07) is 0. The van der Waals surface area contributed by atoms with E-state index in [0.717, 1.165) is 0 Å². The fourth-order valence-corrected chi connectivity index (χ4v) is 0. The Hall–Kier alpha value is 0.365. The third-order valence-electron chi connectivity index (χ3n) is 0.258. The van der Waals surface area contributed by atoms with Crippen molar-refractivity contribution in [1.82, 2.24) is 0 Å². The van der Waals surface area contributed by atoms with Crippen LogP contribution >= 0.6 is 8.07 Å². The van der Waals surface area contributed by atoms with Gasteiger partial charge < -0.3 is 0 Å². The first kappa shape index (κ1) is 4.36. The molecule has 0 aliphatic carbocycles. The minimum atomic E-state index is 1.37. The molecule has 0 radical (unpaired) electrons. The summed E-state index contributed by atoms with van der Waals surface area (Å²) >= 11 is 0. The molecule has 4 heavy (non-hydrogen) atoms. The van der Waals surface area contributed by atoms with Crippen LogP contribution in [0.2, 0.25) is 6.82 Å². The zero-order valence-corrected chi connectivity index (χ0v) is 3.92. The average molecular weight is 71.9 g/mol. The number of rotatable bonds is 0. The Morgan fingerprint density at radius 1 is 1.75 bits per heavy atom. The molecule has 0 aliphatic heterocycles. The standard InChI is InChI=1S/C2H6BP/c1-3-4-2/h1-2H3. The predicted molar refractivity (Wildman–Crippen MR) is 24.5 cm³/mol. The quantitative estimate of drug-likeness (QED) is 0.298. The van der Waals surface area contributed by atoms with Crippen molar-refractivity contribution in [2.75, 3.05) is 6.66 Å². The normalized spacial score (nSPS) is 7.50. The van der Waals surface area contributed by atoms with Crippen LogP contribution < -0.4 is 0 Å². The second-order valence-corrected chi connectivity index (χ2v) is 1.55. The van der Waals surface area contributed by atoms with Gasteiger partial charge in [0.05, 0.1) is 0 Å².